The van der Waals surface area contributed by atoms with Gasteiger partial charge in [0.2, 0.25) is 0 Å². The first kappa shape index (κ1) is 14.0. The Morgan fingerprint density at radius 1 is 1.00 bits per heavy atom. The van der Waals surface area contributed by atoms with E-state index >= 15 is 0 Å². The lowest BCUT2D eigenvalue weighted by Gasteiger charge is -2.26. The normalized spacial score (nSPS) is 23.4. The molecule has 4 rings (SSSR count). The lowest BCUT2D eigenvalue weighted by molar-refractivity contribution is 0.0982. The van der Waals surface area contributed by atoms with Crippen molar-refractivity contribution in [1.82, 2.24) is 5.32 Å². The Hall–Kier alpha value is -1.64. The van der Waals surface area contributed by atoms with Gasteiger partial charge in [-0.1, -0.05) is 63.2 Å². The van der Waals surface area contributed by atoms with Crippen molar-refractivity contribution in [2.45, 2.75) is 39.5 Å². The molecule has 0 bridgehead atoms. The van der Waals surface area contributed by atoms with Gasteiger partial charge in [0.25, 0.3) is 0 Å². The third kappa shape index (κ3) is 2.27. The van der Waals surface area contributed by atoms with Crippen molar-refractivity contribution in [2.24, 2.45) is 5.41 Å². The molecule has 1 aliphatic heterocycles. The molecule has 1 aliphatic carbocycles. The largest absolute Gasteiger partial charge is 0.357 e. The van der Waals surface area contributed by atoms with E-state index in [4.69, 9.17) is 4.74 Å². The molecule has 2 atom stereocenters. The van der Waals surface area contributed by atoms with E-state index in [1.165, 1.54) is 27.8 Å². The van der Waals surface area contributed by atoms with E-state index in [9.17, 15) is 0 Å². The van der Waals surface area contributed by atoms with Crippen LogP contribution in [0.5, 0.6) is 0 Å². The molecule has 0 spiro atoms. The molecule has 0 saturated carbocycles. The Balaban J connectivity index is 1.61. The summed E-state index contributed by atoms with van der Waals surface area (Å²) in [6, 6.07) is 15.9. The lowest BCUT2D eigenvalue weighted by Crippen LogP contribution is -2.37. The van der Waals surface area contributed by atoms with E-state index in [-0.39, 0.29) is 11.6 Å². The summed E-state index contributed by atoms with van der Waals surface area (Å²) in [4.78, 5) is 0. The van der Waals surface area contributed by atoms with E-state index in [0.717, 1.165) is 13.0 Å². The van der Waals surface area contributed by atoms with Crippen molar-refractivity contribution in [3.63, 3.8) is 0 Å². The number of benzene rings is 2. The van der Waals surface area contributed by atoms with E-state index < -0.39 is 0 Å². The van der Waals surface area contributed by atoms with Gasteiger partial charge in [-0.15, -0.1) is 0 Å². The third-order valence-electron chi connectivity index (χ3n) is 4.95. The maximum atomic E-state index is 6.00. The summed E-state index contributed by atoms with van der Waals surface area (Å²) >= 11 is 0. The van der Waals surface area contributed by atoms with Crippen LogP contribution in [0.1, 0.15) is 43.7 Å². The number of rotatable bonds is 1. The minimum Gasteiger partial charge on any atom is -0.357 e. The predicted molar refractivity (Wildman–Crippen MR) is 89.8 cm³/mol. The van der Waals surface area contributed by atoms with Gasteiger partial charge in [0.15, 0.2) is 0 Å². The third-order valence-corrected chi connectivity index (χ3v) is 4.95. The quantitative estimate of drug-likeness (QED) is 0.722. The maximum Gasteiger partial charge on any atom is 0.134 e. The molecular weight excluding hydrogens is 270 g/mol. The average Bonchev–Trinajstić information content (AvgIpc) is 3.11. The molecule has 0 aromatic heterocycles. The Morgan fingerprint density at radius 2 is 1.77 bits per heavy atom. The molecule has 2 aromatic rings. The molecule has 2 aliphatic rings. The van der Waals surface area contributed by atoms with E-state index in [1.807, 2.05) is 0 Å². The standard InChI is InChI=1S/C20H23NO/c1-20(2,3)18-12-22-19(21-18)14-8-9-17-15(11-14)10-13-6-4-5-7-16(13)17/h4-9,11,18-19,21H,10,12H2,1-3H3/t18-,19+/m1/s1. The van der Waals surface area contributed by atoms with Crippen LogP contribution in [0.3, 0.4) is 0 Å². The first-order valence-corrected chi connectivity index (χ1v) is 8.11. The van der Waals surface area contributed by atoms with Gasteiger partial charge in [0, 0.05) is 6.04 Å². The number of fused-ring (bicyclic) bond motifs is 3. The molecule has 1 N–H and O–H groups in total. The minimum atomic E-state index is 0.0261. The van der Waals surface area contributed by atoms with Crippen LogP contribution in [-0.2, 0) is 11.2 Å². The highest BCUT2D eigenvalue weighted by Crippen LogP contribution is 2.38. The Morgan fingerprint density at radius 3 is 2.55 bits per heavy atom. The topological polar surface area (TPSA) is 21.3 Å². The SMILES string of the molecule is CC(C)(C)[C@H]1CO[C@@H](c2ccc3c(c2)Cc2ccccc2-3)N1. The van der Waals surface area contributed by atoms with Gasteiger partial charge in [0.1, 0.15) is 6.23 Å². The van der Waals surface area contributed by atoms with Crippen LogP contribution in [0.25, 0.3) is 11.1 Å². The molecule has 1 heterocycles. The van der Waals surface area contributed by atoms with Gasteiger partial charge in [-0.25, -0.2) is 0 Å². The van der Waals surface area contributed by atoms with Gasteiger partial charge >= 0.3 is 0 Å². The molecule has 1 saturated heterocycles. The fourth-order valence-corrected chi connectivity index (χ4v) is 3.49. The number of hydrogen-bond donors (Lipinski definition) is 1. The average molecular weight is 293 g/mol. The molecular formula is C20H23NO. The fraction of sp³-hybridized carbons (Fsp3) is 0.400. The van der Waals surface area contributed by atoms with Gasteiger partial charge < -0.3 is 4.74 Å². The molecule has 2 heteroatoms. The monoisotopic (exact) mass is 293 g/mol. The summed E-state index contributed by atoms with van der Waals surface area (Å²) in [5, 5.41) is 3.64. The van der Waals surface area contributed by atoms with Crippen LogP contribution >= 0.6 is 0 Å². The zero-order valence-corrected chi connectivity index (χ0v) is 13.5. The van der Waals surface area contributed by atoms with E-state index in [2.05, 4.69) is 68.6 Å². The van der Waals surface area contributed by atoms with Crippen LogP contribution in [0.4, 0.5) is 0 Å². The van der Waals surface area contributed by atoms with Crippen LogP contribution in [0, 0.1) is 5.41 Å². The first-order chi connectivity index (χ1) is 10.5. The fourth-order valence-electron chi connectivity index (χ4n) is 3.49. The van der Waals surface area contributed by atoms with Gasteiger partial charge in [-0.05, 0) is 39.7 Å². The number of ether oxygens (including phenoxy) is 1. The number of hydrogen-bond acceptors (Lipinski definition) is 2. The minimum absolute atomic E-state index is 0.0261. The summed E-state index contributed by atoms with van der Waals surface area (Å²) in [6.07, 6.45) is 1.06. The predicted octanol–water partition coefficient (Wildman–Crippen LogP) is 4.29. The van der Waals surface area contributed by atoms with E-state index in [0.29, 0.717) is 6.04 Å². The molecule has 2 nitrogen and oxygen atoms in total. The van der Waals surface area contributed by atoms with Crippen molar-refractivity contribution >= 4 is 0 Å². The highest BCUT2D eigenvalue weighted by molar-refractivity contribution is 5.76. The molecule has 0 amide bonds. The Bertz CT molecular complexity index is 714. The molecule has 1 fully saturated rings. The van der Waals surface area contributed by atoms with Crippen molar-refractivity contribution in [3.05, 3.63) is 59.2 Å². The summed E-state index contributed by atoms with van der Waals surface area (Å²) < 4.78 is 6.00. The first-order valence-electron chi connectivity index (χ1n) is 8.11. The highest BCUT2D eigenvalue weighted by atomic mass is 16.5. The second-order valence-corrected chi connectivity index (χ2v) is 7.55. The van der Waals surface area contributed by atoms with Crippen molar-refractivity contribution in [1.29, 1.82) is 0 Å². The zero-order valence-electron chi connectivity index (χ0n) is 13.5. The summed E-state index contributed by atoms with van der Waals surface area (Å²) in [7, 11) is 0. The van der Waals surface area contributed by atoms with Crippen molar-refractivity contribution in [3.8, 4) is 11.1 Å². The van der Waals surface area contributed by atoms with E-state index in [1.54, 1.807) is 0 Å². The summed E-state index contributed by atoms with van der Waals surface area (Å²) in [5.41, 5.74) is 7.09. The summed E-state index contributed by atoms with van der Waals surface area (Å²) in [6.45, 7) is 7.56. The van der Waals surface area contributed by atoms with Crippen LogP contribution < -0.4 is 5.32 Å². The second-order valence-electron chi connectivity index (χ2n) is 7.55. The molecule has 2 aromatic carbocycles. The highest BCUT2D eigenvalue weighted by Gasteiger charge is 2.34. The zero-order chi connectivity index (χ0) is 15.3. The van der Waals surface area contributed by atoms with Crippen LogP contribution in [-0.4, -0.2) is 12.6 Å². The molecule has 0 radical (unpaired) electrons. The Labute approximate surface area is 132 Å². The molecule has 114 valence electrons. The van der Waals surface area contributed by atoms with Crippen LogP contribution in [0.2, 0.25) is 0 Å². The van der Waals surface area contributed by atoms with Crippen LogP contribution in [0.15, 0.2) is 42.5 Å². The molecule has 0 unspecified atom stereocenters. The number of nitrogens with one attached hydrogen (secondary N) is 1. The van der Waals surface area contributed by atoms with Crippen molar-refractivity contribution in [2.75, 3.05) is 6.61 Å². The smallest absolute Gasteiger partial charge is 0.134 e. The van der Waals surface area contributed by atoms with Gasteiger partial charge in [-0.3, -0.25) is 5.32 Å². The van der Waals surface area contributed by atoms with Gasteiger partial charge in [-0.2, -0.15) is 0 Å². The second kappa shape index (κ2) is 4.94. The van der Waals surface area contributed by atoms with Crippen molar-refractivity contribution < 1.29 is 4.74 Å². The molecule has 22 heavy (non-hydrogen) atoms. The Kier molecular flexibility index (Phi) is 3.14. The summed E-state index contributed by atoms with van der Waals surface area (Å²) in [5.74, 6) is 0. The maximum absolute atomic E-state index is 6.00. The lowest BCUT2D eigenvalue weighted by atomic mass is 9.87. The van der Waals surface area contributed by atoms with Gasteiger partial charge in [0.05, 0.1) is 6.61 Å².